The third-order valence-electron chi connectivity index (χ3n) is 3.12. The van der Waals surface area contributed by atoms with Crippen molar-refractivity contribution in [3.63, 3.8) is 0 Å². The minimum absolute atomic E-state index is 0.384. The molecule has 2 aliphatic heterocycles. The topological polar surface area (TPSA) is 24.5 Å². The van der Waals surface area contributed by atoms with Crippen molar-refractivity contribution in [2.75, 3.05) is 32.0 Å². The van der Waals surface area contributed by atoms with Gasteiger partial charge in [-0.3, -0.25) is 4.90 Å². The zero-order valence-corrected chi connectivity index (χ0v) is 8.99. The van der Waals surface area contributed by atoms with Crippen molar-refractivity contribution in [3.05, 3.63) is 23.8 Å². The number of likely N-dealkylation sites (N-methyl/N-ethyl adjacent to an activating group) is 1. The van der Waals surface area contributed by atoms with Gasteiger partial charge in [0.2, 0.25) is 0 Å². The van der Waals surface area contributed by atoms with Gasteiger partial charge in [-0.15, -0.1) is 0 Å². The van der Waals surface area contributed by atoms with Gasteiger partial charge in [0.15, 0.2) is 0 Å². The molecule has 3 nitrogen and oxygen atoms in total. The molecule has 2 aliphatic rings. The second-order valence-electron chi connectivity index (χ2n) is 4.46. The van der Waals surface area contributed by atoms with E-state index in [0.29, 0.717) is 6.10 Å². The predicted octanol–water partition coefficient (Wildman–Crippen LogP) is 1.35. The molecule has 2 heterocycles. The van der Waals surface area contributed by atoms with Crippen LogP contribution in [0, 0.1) is 0 Å². The molecule has 0 spiro atoms. The van der Waals surface area contributed by atoms with Gasteiger partial charge in [0.05, 0.1) is 0 Å². The first-order chi connectivity index (χ1) is 7.31. The Morgan fingerprint density at radius 2 is 2.27 bits per heavy atom. The predicted molar refractivity (Wildman–Crippen MR) is 60.5 cm³/mol. The summed E-state index contributed by atoms with van der Waals surface area (Å²) >= 11 is 0. The van der Waals surface area contributed by atoms with Crippen molar-refractivity contribution in [2.24, 2.45) is 0 Å². The molecule has 1 fully saturated rings. The van der Waals surface area contributed by atoms with E-state index in [2.05, 4.69) is 35.5 Å². The van der Waals surface area contributed by atoms with Gasteiger partial charge in [-0.1, -0.05) is 6.07 Å². The standard InChI is InChI=1S/C12H16N2O/c1-14-7-11(8-14)15-10-3-2-9-4-5-13-12(9)6-10/h2-3,6,11,13H,4-5,7-8H2,1H3. The summed E-state index contributed by atoms with van der Waals surface area (Å²) in [7, 11) is 2.12. The number of hydrogen-bond acceptors (Lipinski definition) is 3. The van der Waals surface area contributed by atoms with Crippen LogP contribution in [0.4, 0.5) is 5.69 Å². The van der Waals surface area contributed by atoms with E-state index < -0.39 is 0 Å². The molecule has 1 aromatic rings. The molecule has 0 bridgehead atoms. The summed E-state index contributed by atoms with van der Waals surface area (Å²) in [5.41, 5.74) is 2.66. The fourth-order valence-corrected chi connectivity index (χ4v) is 2.25. The quantitative estimate of drug-likeness (QED) is 0.787. The Labute approximate surface area is 90.0 Å². The maximum absolute atomic E-state index is 5.86. The lowest BCUT2D eigenvalue weighted by Gasteiger charge is -2.36. The second-order valence-corrected chi connectivity index (χ2v) is 4.46. The summed E-state index contributed by atoms with van der Waals surface area (Å²) in [6, 6.07) is 6.39. The molecule has 1 aromatic carbocycles. The van der Waals surface area contributed by atoms with Crippen molar-refractivity contribution in [1.82, 2.24) is 4.90 Å². The summed E-state index contributed by atoms with van der Waals surface area (Å²) in [4.78, 5) is 2.26. The van der Waals surface area contributed by atoms with Crippen LogP contribution in [0.5, 0.6) is 5.75 Å². The minimum Gasteiger partial charge on any atom is -0.488 e. The van der Waals surface area contributed by atoms with E-state index in [0.717, 1.165) is 31.8 Å². The Morgan fingerprint density at radius 1 is 1.40 bits per heavy atom. The minimum atomic E-state index is 0.384. The third-order valence-corrected chi connectivity index (χ3v) is 3.12. The van der Waals surface area contributed by atoms with E-state index >= 15 is 0 Å². The molecule has 0 aromatic heterocycles. The van der Waals surface area contributed by atoms with E-state index in [1.807, 2.05) is 0 Å². The highest BCUT2D eigenvalue weighted by Gasteiger charge is 2.25. The van der Waals surface area contributed by atoms with Gasteiger partial charge in [0.1, 0.15) is 11.9 Å². The Balaban J connectivity index is 1.70. The number of benzene rings is 1. The number of anilines is 1. The van der Waals surface area contributed by atoms with Crippen LogP contribution >= 0.6 is 0 Å². The van der Waals surface area contributed by atoms with Gasteiger partial charge < -0.3 is 10.1 Å². The van der Waals surface area contributed by atoms with E-state index in [-0.39, 0.29) is 0 Å². The molecule has 3 heteroatoms. The van der Waals surface area contributed by atoms with E-state index in [4.69, 9.17) is 4.74 Å². The molecule has 3 rings (SSSR count). The van der Waals surface area contributed by atoms with Gasteiger partial charge in [-0.05, 0) is 25.1 Å². The van der Waals surface area contributed by atoms with Crippen LogP contribution < -0.4 is 10.1 Å². The van der Waals surface area contributed by atoms with Crippen LogP contribution in [0.2, 0.25) is 0 Å². The van der Waals surface area contributed by atoms with Crippen LogP contribution in [0.1, 0.15) is 5.56 Å². The first-order valence-corrected chi connectivity index (χ1v) is 5.53. The fourth-order valence-electron chi connectivity index (χ4n) is 2.25. The lowest BCUT2D eigenvalue weighted by molar-refractivity contribution is 0.0389. The molecule has 80 valence electrons. The summed E-state index contributed by atoms with van der Waals surface area (Å²) in [6.07, 6.45) is 1.52. The van der Waals surface area contributed by atoms with E-state index in [1.54, 1.807) is 0 Å². The van der Waals surface area contributed by atoms with Crippen molar-refractivity contribution in [3.8, 4) is 5.75 Å². The SMILES string of the molecule is CN1CC(Oc2ccc3c(c2)NCC3)C1. The van der Waals surface area contributed by atoms with Gasteiger partial charge >= 0.3 is 0 Å². The zero-order chi connectivity index (χ0) is 10.3. The highest BCUT2D eigenvalue weighted by atomic mass is 16.5. The number of nitrogens with zero attached hydrogens (tertiary/aromatic N) is 1. The normalized spacial score (nSPS) is 20.6. The molecule has 0 unspecified atom stereocenters. The number of likely N-dealkylation sites (tertiary alicyclic amines) is 1. The number of ether oxygens (including phenoxy) is 1. The van der Waals surface area contributed by atoms with Crippen LogP contribution in [0.15, 0.2) is 18.2 Å². The van der Waals surface area contributed by atoms with E-state index in [1.165, 1.54) is 11.3 Å². The molecular formula is C12H16N2O. The van der Waals surface area contributed by atoms with E-state index in [9.17, 15) is 0 Å². The van der Waals surface area contributed by atoms with Crippen molar-refractivity contribution >= 4 is 5.69 Å². The summed E-state index contributed by atoms with van der Waals surface area (Å²) in [6.45, 7) is 3.15. The molecule has 0 aliphatic carbocycles. The van der Waals surface area contributed by atoms with Gasteiger partial charge in [-0.2, -0.15) is 0 Å². The molecule has 1 N–H and O–H groups in total. The Kier molecular flexibility index (Phi) is 2.06. The lowest BCUT2D eigenvalue weighted by atomic mass is 10.1. The number of nitrogens with one attached hydrogen (secondary N) is 1. The Morgan fingerprint density at radius 3 is 3.07 bits per heavy atom. The number of rotatable bonds is 2. The maximum atomic E-state index is 5.86. The number of fused-ring (bicyclic) bond motifs is 1. The summed E-state index contributed by atoms with van der Waals surface area (Å²) in [5.74, 6) is 1.00. The van der Waals surface area contributed by atoms with Gasteiger partial charge in [-0.25, -0.2) is 0 Å². The molecule has 0 radical (unpaired) electrons. The average Bonchev–Trinajstić information content (AvgIpc) is 2.62. The van der Waals surface area contributed by atoms with Crippen LogP contribution in [-0.2, 0) is 6.42 Å². The van der Waals surface area contributed by atoms with Gasteiger partial charge in [0.25, 0.3) is 0 Å². The average molecular weight is 204 g/mol. The Hall–Kier alpha value is -1.22. The van der Waals surface area contributed by atoms with Crippen LogP contribution in [0.25, 0.3) is 0 Å². The molecule has 0 atom stereocenters. The zero-order valence-electron chi connectivity index (χ0n) is 8.99. The highest BCUT2D eigenvalue weighted by Crippen LogP contribution is 2.28. The first kappa shape index (κ1) is 9.04. The summed E-state index contributed by atoms with van der Waals surface area (Å²) < 4.78 is 5.86. The lowest BCUT2D eigenvalue weighted by Crippen LogP contribution is -2.51. The third kappa shape index (κ3) is 1.67. The molecule has 15 heavy (non-hydrogen) atoms. The smallest absolute Gasteiger partial charge is 0.124 e. The largest absolute Gasteiger partial charge is 0.488 e. The second kappa shape index (κ2) is 3.42. The van der Waals surface area contributed by atoms with Gasteiger partial charge in [0, 0.05) is 31.4 Å². The summed E-state index contributed by atoms with van der Waals surface area (Å²) in [5, 5.41) is 3.37. The number of hydrogen-bond donors (Lipinski definition) is 1. The van der Waals surface area contributed by atoms with Crippen molar-refractivity contribution in [1.29, 1.82) is 0 Å². The van der Waals surface area contributed by atoms with Crippen molar-refractivity contribution < 1.29 is 4.74 Å². The van der Waals surface area contributed by atoms with Crippen LogP contribution in [0.3, 0.4) is 0 Å². The highest BCUT2D eigenvalue weighted by molar-refractivity contribution is 5.58. The first-order valence-electron chi connectivity index (χ1n) is 5.53. The molecule has 0 amide bonds. The van der Waals surface area contributed by atoms with Crippen LogP contribution in [-0.4, -0.2) is 37.7 Å². The van der Waals surface area contributed by atoms with Crippen molar-refractivity contribution in [2.45, 2.75) is 12.5 Å². The fraction of sp³-hybridized carbons (Fsp3) is 0.500. The molecular weight excluding hydrogens is 188 g/mol. The molecule has 0 saturated carbocycles. The Bertz CT molecular complexity index is 372. The monoisotopic (exact) mass is 204 g/mol. The maximum Gasteiger partial charge on any atom is 0.124 e. The molecule has 1 saturated heterocycles.